The van der Waals surface area contributed by atoms with Gasteiger partial charge in [-0.25, -0.2) is 0 Å². The van der Waals surface area contributed by atoms with Crippen LogP contribution in [0.4, 0.5) is 18.9 Å². The molecule has 9 heteroatoms. The Balaban J connectivity index is 1.53. The van der Waals surface area contributed by atoms with Crippen molar-refractivity contribution < 1.29 is 22.8 Å². The fraction of sp³-hybridized carbons (Fsp3) is 0.286. The van der Waals surface area contributed by atoms with E-state index >= 15 is 0 Å². The van der Waals surface area contributed by atoms with E-state index in [0.29, 0.717) is 37.3 Å². The van der Waals surface area contributed by atoms with Gasteiger partial charge in [-0.2, -0.15) is 18.4 Å². The van der Waals surface area contributed by atoms with Gasteiger partial charge in [-0.15, -0.1) is 0 Å². The van der Waals surface area contributed by atoms with Crippen LogP contribution in [0, 0.1) is 11.3 Å². The summed E-state index contributed by atoms with van der Waals surface area (Å²) in [5.74, 6) is -0.707. The maximum absolute atomic E-state index is 13.0. The molecular formula is C21H19F3N4O2. The Hall–Kier alpha value is -3.38. The molecule has 156 valence electrons. The standard InChI is InChI=1S/C21H19F3N4O2/c22-21(23,24)17-3-1-2-4-18(17)26-19(29)14-27-9-11-28(12-10-27)20(30)16-7-5-15(13-25)6-8-16/h1-8H,9-12,14H2,(H,26,29). The van der Waals surface area contributed by atoms with Crippen LogP contribution < -0.4 is 5.32 Å². The minimum absolute atomic E-state index is 0.0644. The van der Waals surface area contributed by atoms with E-state index < -0.39 is 17.6 Å². The van der Waals surface area contributed by atoms with Gasteiger partial charge in [-0.05, 0) is 36.4 Å². The van der Waals surface area contributed by atoms with E-state index in [4.69, 9.17) is 5.26 Å². The number of anilines is 1. The van der Waals surface area contributed by atoms with Crippen LogP contribution in [0.2, 0.25) is 0 Å². The minimum atomic E-state index is -4.55. The molecule has 1 aliphatic rings. The van der Waals surface area contributed by atoms with Gasteiger partial charge in [-0.1, -0.05) is 12.1 Å². The van der Waals surface area contributed by atoms with Crippen LogP contribution in [-0.2, 0) is 11.0 Å². The van der Waals surface area contributed by atoms with E-state index in [-0.39, 0.29) is 18.1 Å². The van der Waals surface area contributed by atoms with Crippen molar-refractivity contribution in [3.8, 4) is 6.07 Å². The van der Waals surface area contributed by atoms with Crippen molar-refractivity contribution in [1.82, 2.24) is 9.80 Å². The highest BCUT2D eigenvalue weighted by atomic mass is 19.4. The number of amides is 2. The lowest BCUT2D eigenvalue weighted by atomic mass is 10.1. The van der Waals surface area contributed by atoms with E-state index in [1.54, 1.807) is 34.1 Å². The smallest absolute Gasteiger partial charge is 0.336 e. The molecule has 2 aromatic carbocycles. The summed E-state index contributed by atoms with van der Waals surface area (Å²) in [6, 6.07) is 13.2. The van der Waals surface area contributed by atoms with E-state index in [9.17, 15) is 22.8 Å². The van der Waals surface area contributed by atoms with Crippen molar-refractivity contribution in [1.29, 1.82) is 5.26 Å². The zero-order valence-corrected chi connectivity index (χ0v) is 15.9. The van der Waals surface area contributed by atoms with Crippen LogP contribution in [0.15, 0.2) is 48.5 Å². The minimum Gasteiger partial charge on any atom is -0.336 e. The first-order valence-electron chi connectivity index (χ1n) is 9.26. The third-order valence-electron chi connectivity index (χ3n) is 4.79. The van der Waals surface area contributed by atoms with Crippen LogP contribution >= 0.6 is 0 Å². The van der Waals surface area contributed by atoms with Crippen LogP contribution in [0.3, 0.4) is 0 Å². The molecule has 1 heterocycles. The first-order chi connectivity index (χ1) is 14.3. The molecule has 3 rings (SSSR count). The van der Waals surface area contributed by atoms with E-state index in [1.807, 2.05) is 6.07 Å². The quantitative estimate of drug-likeness (QED) is 0.832. The fourth-order valence-corrected chi connectivity index (χ4v) is 3.21. The second kappa shape index (κ2) is 8.97. The maximum Gasteiger partial charge on any atom is 0.418 e. The third-order valence-corrected chi connectivity index (χ3v) is 4.79. The molecule has 0 bridgehead atoms. The van der Waals surface area contributed by atoms with Crippen molar-refractivity contribution >= 4 is 17.5 Å². The SMILES string of the molecule is N#Cc1ccc(C(=O)N2CCN(CC(=O)Nc3ccccc3C(F)(F)F)CC2)cc1. The number of piperazine rings is 1. The molecular weight excluding hydrogens is 397 g/mol. The number of rotatable bonds is 4. The van der Waals surface area contributed by atoms with Gasteiger partial charge in [0.15, 0.2) is 0 Å². The van der Waals surface area contributed by atoms with E-state index in [2.05, 4.69) is 5.32 Å². The van der Waals surface area contributed by atoms with Gasteiger partial charge in [0.2, 0.25) is 5.91 Å². The second-order valence-corrected chi connectivity index (χ2v) is 6.85. The molecule has 0 unspecified atom stereocenters. The number of benzene rings is 2. The normalized spacial score (nSPS) is 14.8. The maximum atomic E-state index is 13.0. The highest BCUT2D eigenvalue weighted by Crippen LogP contribution is 2.34. The molecule has 0 atom stereocenters. The Morgan fingerprint density at radius 1 is 1.00 bits per heavy atom. The number of nitrogens with zero attached hydrogens (tertiary/aromatic N) is 3. The zero-order valence-electron chi connectivity index (χ0n) is 15.9. The molecule has 30 heavy (non-hydrogen) atoms. The van der Waals surface area contributed by atoms with Crippen molar-refractivity contribution in [2.24, 2.45) is 0 Å². The zero-order chi connectivity index (χ0) is 21.7. The lowest BCUT2D eigenvalue weighted by Gasteiger charge is -2.34. The number of carbonyl (C=O) groups is 2. The summed E-state index contributed by atoms with van der Waals surface area (Å²) in [7, 11) is 0. The van der Waals surface area contributed by atoms with Gasteiger partial charge in [-0.3, -0.25) is 14.5 Å². The molecule has 0 saturated carbocycles. The Morgan fingerprint density at radius 2 is 1.63 bits per heavy atom. The average Bonchev–Trinajstić information content (AvgIpc) is 2.73. The lowest BCUT2D eigenvalue weighted by molar-refractivity contribution is -0.137. The summed E-state index contributed by atoms with van der Waals surface area (Å²) >= 11 is 0. The summed E-state index contributed by atoms with van der Waals surface area (Å²) in [5.41, 5.74) is -0.223. The molecule has 2 aromatic rings. The molecule has 6 nitrogen and oxygen atoms in total. The number of nitrogens with one attached hydrogen (secondary N) is 1. The molecule has 1 N–H and O–H groups in total. The Kier molecular flexibility index (Phi) is 6.37. The number of hydrogen-bond acceptors (Lipinski definition) is 4. The molecule has 2 amide bonds. The predicted octanol–water partition coefficient (Wildman–Crippen LogP) is 2.97. The van der Waals surface area contributed by atoms with E-state index in [0.717, 1.165) is 6.07 Å². The van der Waals surface area contributed by atoms with Crippen LogP contribution in [0.5, 0.6) is 0 Å². The number of hydrogen-bond donors (Lipinski definition) is 1. The summed E-state index contributed by atoms with van der Waals surface area (Å²) < 4.78 is 39.1. The monoisotopic (exact) mass is 416 g/mol. The van der Waals surface area contributed by atoms with Gasteiger partial charge in [0.1, 0.15) is 0 Å². The molecule has 0 radical (unpaired) electrons. The highest BCUT2D eigenvalue weighted by Gasteiger charge is 2.33. The molecule has 1 fully saturated rings. The molecule has 0 aromatic heterocycles. The van der Waals surface area contributed by atoms with Gasteiger partial charge < -0.3 is 10.2 Å². The number of alkyl halides is 3. The Bertz CT molecular complexity index is 959. The van der Waals surface area contributed by atoms with Gasteiger partial charge in [0, 0.05) is 31.7 Å². The topological polar surface area (TPSA) is 76.4 Å². The fourth-order valence-electron chi connectivity index (χ4n) is 3.21. The second-order valence-electron chi connectivity index (χ2n) is 6.85. The molecule has 1 saturated heterocycles. The summed E-state index contributed by atoms with van der Waals surface area (Å²) in [6.45, 7) is 1.58. The number of para-hydroxylation sites is 1. The Labute approximate surface area is 171 Å². The van der Waals surface area contributed by atoms with Crippen molar-refractivity contribution in [2.45, 2.75) is 6.18 Å². The highest BCUT2D eigenvalue weighted by molar-refractivity contribution is 5.94. The number of halogens is 3. The largest absolute Gasteiger partial charge is 0.418 e. The Morgan fingerprint density at radius 3 is 2.23 bits per heavy atom. The molecule has 1 aliphatic heterocycles. The molecule has 0 aliphatic carbocycles. The lowest BCUT2D eigenvalue weighted by Crippen LogP contribution is -2.50. The van der Waals surface area contributed by atoms with Crippen LogP contribution in [0.1, 0.15) is 21.5 Å². The summed E-state index contributed by atoms with van der Waals surface area (Å²) in [4.78, 5) is 28.2. The van der Waals surface area contributed by atoms with Gasteiger partial charge in [0.25, 0.3) is 5.91 Å². The van der Waals surface area contributed by atoms with Crippen molar-refractivity contribution in [3.63, 3.8) is 0 Å². The first-order valence-corrected chi connectivity index (χ1v) is 9.26. The first kappa shape index (κ1) is 21.3. The van der Waals surface area contributed by atoms with E-state index in [1.165, 1.54) is 18.2 Å². The van der Waals surface area contributed by atoms with Crippen molar-refractivity contribution in [2.75, 3.05) is 38.0 Å². The predicted molar refractivity (Wildman–Crippen MR) is 104 cm³/mol. The molecule has 0 spiro atoms. The average molecular weight is 416 g/mol. The summed E-state index contributed by atoms with van der Waals surface area (Å²) in [5, 5.41) is 11.2. The van der Waals surface area contributed by atoms with Crippen molar-refractivity contribution in [3.05, 3.63) is 65.2 Å². The number of carbonyl (C=O) groups excluding carboxylic acids is 2. The van der Waals surface area contributed by atoms with Crippen LogP contribution in [0.25, 0.3) is 0 Å². The number of nitriles is 1. The van der Waals surface area contributed by atoms with Crippen LogP contribution in [-0.4, -0.2) is 54.3 Å². The van der Waals surface area contributed by atoms with Gasteiger partial charge >= 0.3 is 6.18 Å². The van der Waals surface area contributed by atoms with Gasteiger partial charge in [0.05, 0.1) is 29.4 Å². The third kappa shape index (κ3) is 5.15. The summed E-state index contributed by atoms with van der Waals surface area (Å²) in [6.07, 6.45) is -4.55.